The number of aliphatic hydroxyl groups excluding tert-OH is 1. The molecule has 0 saturated carbocycles. The molecule has 1 heterocycles. The third kappa shape index (κ3) is 2.65. The number of rotatable bonds is 1. The predicted octanol–water partition coefficient (Wildman–Crippen LogP) is 5.08. The van der Waals surface area contributed by atoms with Gasteiger partial charge in [-0.2, -0.15) is 0 Å². The van der Waals surface area contributed by atoms with Crippen LogP contribution in [-0.2, 0) is 0 Å². The Labute approximate surface area is 135 Å². The zero-order valence-corrected chi connectivity index (χ0v) is 14.1. The van der Waals surface area contributed by atoms with Crippen molar-refractivity contribution in [3.05, 3.63) is 62.0 Å². The third-order valence-corrected chi connectivity index (χ3v) is 4.98. The van der Waals surface area contributed by atoms with Crippen LogP contribution in [0.1, 0.15) is 35.3 Å². The number of benzene rings is 2. The molecule has 0 aliphatic carbocycles. The minimum absolute atomic E-state index is 0.112. The maximum Gasteiger partial charge on any atom is 0.127 e. The highest BCUT2D eigenvalue weighted by Gasteiger charge is 2.28. The lowest BCUT2D eigenvalue weighted by molar-refractivity contribution is 0.0656. The molecule has 2 aromatic rings. The molecule has 0 fully saturated rings. The Bertz CT molecular complexity index is 655. The van der Waals surface area contributed by atoms with Gasteiger partial charge >= 0.3 is 0 Å². The van der Waals surface area contributed by atoms with Gasteiger partial charge in [-0.05, 0) is 36.2 Å². The molecular formula is C16H14Br2O2. The molecular weight excluding hydrogens is 384 g/mol. The number of halogens is 2. The fourth-order valence-corrected chi connectivity index (χ4v) is 3.08. The van der Waals surface area contributed by atoms with Gasteiger partial charge in [-0.15, -0.1) is 0 Å². The number of aliphatic hydroxyl groups is 1. The molecule has 2 nitrogen and oxygen atoms in total. The fourth-order valence-electron chi connectivity index (χ4n) is 2.49. The van der Waals surface area contributed by atoms with Gasteiger partial charge in [0.05, 0.1) is 6.10 Å². The average molecular weight is 398 g/mol. The second-order valence-electron chi connectivity index (χ2n) is 5.05. The van der Waals surface area contributed by atoms with Gasteiger partial charge in [-0.1, -0.05) is 50.1 Å². The Morgan fingerprint density at radius 1 is 1.15 bits per heavy atom. The second kappa shape index (κ2) is 5.51. The van der Waals surface area contributed by atoms with Gasteiger partial charge in [-0.25, -0.2) is 0 Å². The molecule has 0 amide bonds. The molecule has 2 aromatic carbocycles. The summed E-state index contributed by atoms with van der Waals surface area (Å²) in [6.45, 7) is 2.05. The first-order chi connectivity index (χ1) is 9.54. The van der Waals surface area contributed by atoms with Gasteiger partial charge in [0, 0.05) is 20.9 Å². The monoisotopic (exact) mass is 396 g/mol. The first kappa shape index (κ1) is 14.1. The molecule has 20 heavy (non-hydrogen) atoms. The molecule has 1 aliphatic rings. The SMILES string of the molecule is Cc1cc(C2C[C@@H](O)c3ccc(Br)cc3O2)ccc1Br. The summed E-state index contributed by atoms with van der Waals surface area (Å²) in [6, 6.07) is 11.9. The lowest BCUT2D eigenvalue weighted by Crippen LogP contribution is -2.19. The van der Waals surface area contributed by atoms with E-state index < -0.39 is 6.10 Å². The summed E-state index contributed by atoms with van der Waals surface area (Å²) in [7, 11) is 0. The minimum Gasteiger partial charge on any atom is -0.485 e. The standard InChI is InChI=1S/C16H14Br2O2/c1-9-6-10(2-5-13(9)18)15-8-14(19)12-4-3-11(17)7-16(12)20-15/h2-7,14-15,19H,8H2,1H3/t14-,15?/m1/s1. The van der Waals surface area contributed by atoms with E-state index in [1.54, 1.807) is 0 Å². The van der Waals surface area contributed by atoms with Gasteiger partial charge in [0.1, 0.15) is 11.9 Å². The number of fused-ring (bicyclic) bond motifs is 1. The zero-order chi connectivity index (χ0) is 14.3. The Morgan fingerprint density at radius 2 is 1.95 bits per heavy atom. The largest absolute Gasteiger partial charge is 0.485 e. The first-order valence-corrected chi connectivity index (χ1v) is 8.03. The number of hydrogen-bond donors (Lipinski definition) is 1. The predicted molar refractivity (Wildman–Crippen MR) is 86.0 cm³/mol. The van der Waals surface area contributed by atoms with Gasteiger partial charge in [0.15, 0.2) is 0 Å². The van der Waals surface area contributed by atoms with Crippen molar-refractivity contribution in [2.24, 2.45) is 0 Å². The van der Waals surface area contributed by atoms with Crippen molar-refractivity contribution in [1.29, 1.82) is 0 Å². The molecule has 3 rings (SSSR count). The van der Waals surface area contributed by atoms with E-state index in [9.17, 15) is 5.11 Å². The maximum atomic E-state index is 10.3. The van der Waals surface area contributed by atoms with Crippen molar-refractivity contribution in [2.45, 2.75) is 25.6 Å². The lowest BCUT2D eigenvalue weighted by atomic mass is 9.94. The lowest BCUT2D eigenvalue weighted by Gasteiger charge is -2.30. The molecule has 0 saturated heterocycles. The van der Waals surface area contributed by atoms with Crippen LogP contribution in [-0.4, -0.2) is 5.11 Å². The molecule has 4 heteroatoms. The van der Waals surface area contributed by atoms with Crippen LogP contribution in [0.5, 0.6) is 5.75 Å². The van der Waals surface area contributed by atoms with Gasteiger partial charge < -0.3 is 9.84 Å². The number of hydrogen-bond acceptors (Lipinski definition) is 2. The second-order valence-corrected chi connectivity index (χ2v) is 6.82. The first-order valence-electron chi connectivity index (χ1n) is 6.45. The van der Waals surface area contributed by atoms with Crippen molar-refractivity contribution in [3.8, 4) is 5.75 Å². The molecule has 0 spiro atoms. The summed E-state index contributed by atoms with van der Waals surface area (Å²) >= 11 is 6.94. The van der Waals surface area contributed by atoms with Crippen LogP contribution in [0.15, 0.2) is 45.3 Å². The van der Waals surface area contributed by atoms with E-state index in [2.05, 4.69) is 44.8 Å². The van der Waals surface area contributed by atoms with Crippen LogP contribution in [0, 0.1) is 6.92 Å². The van der Waals surface area contributed by atoms with Crippen molar-refractivity contribution < 1.29 is 9.84 Å². The van der Waals surface area contributed by atoms with E-state index in [4.69, 9.17) is 4.74 Å². The van der Waals surface area contributed by atoms with Crippen molar-refractivity contribution in [3.63, 3.8) is 0 Å². The van der Waals surface area contributed by atoms with Crippen LogP contribution in [0.25, 0.3) is 0 Å². The summed E-state index contributed by atoms with van der Waals surface area (Å²) in [4.78, 5) is 0. The normalized spacial score (nSPS) is 21.2. The quantitative estimate of drug-likeness (QED) is 0.727. The van der Waals surface area contributed by atoms with E-state index in [0.717, 1.165) is 25.8 Å². The fraction of sp³-hybridized carbons (Fsp3) is 0.250. The summed E-state index contributed by atoms with van der Waals surface area (Å²) in [6.07, 6.45) is -0.0187. The van der Waals surface area contributed by atoms with Crippen molar-refractivity contribution in [2.75, 3.05) is 0 Å². The Morgan fingerprint density at radius 3 is 2.70 bits per heavy atom. The highest BCUT2D eigenvalue weighted by Crippen LogP contribution is 2.42. The summed E-state index contributed by atoms with van der Waals surface area (Å²) in [5, 5.41) is 10.3. The maximum absolute atomic E-state index is 10.3. The van der Waals surface area contributed by atoms with E-state index in [1.165, 1.54) is 5.56 Å². The van der Waals surface area contributed by atoms with Crippen LogP contribution < -0.4 is 4.74 Å². The Hall–Kier alpha value is -0.840. The van der Waals surface area contributed by atoms with Gasteiger partial charge in [0.2, 0.25) is 0 Å². The highest BCUT2D eigenvalue weighted by atomic mass is 79.9. The molecule has 1 N–H and O–H groups in total. The van der Waals surface area contributed by atoms with E-state index in [0.29, 0.717) is 6.42 Å². The number of aryl methyl sites for hydroxylation is 1. The van der Waals surface area contributed by atoms with Crippen LogP contribution in [0.4, 0.5) is 0 Å². The van der Waals surface area contributed by atoms with Crippen molar-refractivity contribution in [1.82, 2.24) is 0 Å². The molecule has 1 aliphatic heterocycles. The molecule has 1 unspecified atom stereocenters. The summed E-state index contributed by atoms with van der Waals surface area (Å²) < 4.78 is 8.10. The van der Waals surface area contributed by atoms with Crippen LogP contribution in [0.3, 0.4) is 0 Å². The Kier molecular flexibility index (Phi) is 3.89. The summed E-state index contributed by atoms with van der Waals surface area (Å²) in [5.74, 6) is 0.753. The topological polar surface area (TPSA) is 29.5 Å². The third-order valence-electron chi connectivity index (χ3n) is 3.59. The molecule has 104 valence electrons. The van der Waals surface area contributed by atoms with Crippen LogP contribution in [0.2, 0.25) is 0 Å². The minimum atomic E-state index is -0.485. The molecule has 0 aromatic heterocycles. The summed E-state index contributed by atoms with van der Waals surface area (Å²) in [5.41, 5.74) is 3.12. The molecule has 0 bridgehead atoms. The van der Waals surface area contributed by atoms with Crippen LogP contribution >= 0.6 is 31.9 Å². The van der Waals surface area contributed by atoms with Gasteiger partial charge in [-0.3, -0.25) is 0 Å². The van der Waals surface area contributed by atoms with Crippen molar-refractivity contribution >= 4 is 31.9 Å². The van der Waals surface area contributed by atoms with E-state index in [1.807, 2.05) is 30.3 Å². The zero-order valence-electron chi connectivity index (χ0n) is 10.9. The average Bonchev–Trinajstić information content (AvgIpc) is 2.41. The number of ether oxygens (including phenoxy) is 1. The molecule has 2 atom stereocenters. The van der Waals surface area contributed by atoms with Gasteiger partial charge in [0.25, 0.3) is 0 Å². The smallest absolute Gasteiger partial charge is 0.127 e. The Balaban J connectivity index is 1.96. The van der Waals surface area contributed by atoms with E-state index >= 15 is 0 Å². The van der Waals surface area contributed by atoms with E-state index in [-0.39, 0.29) is 6.10 Å². The molecule has 0 radical (unpaired) electrons. The highest BCUT2D eigenvalue weighted by molar-refractivity contribution is 9.10.